The SMILES string of the molecule is CCCC(N)c1nc(C(CCC)OCC)no1. The molecule has 0 saturated carbocycles. The van der Waals surface area contributed by atoms with E-state index < -0.39 is 0 Å². The Morgan fingerprint density at radius 3 is 2.53 bits per heavy atom. The monoisotopic (exact) mass is 241 g/mol. The summed E-state index contributed by atoms with van der Waals surface area (Å²) in [5, 5.41) is 3.97. The van der Waals surface area contributed by atoms with Gasteiger partial charge in [-0.1, -0.05) is 31.8 Å². The maximum atomic E-state index is 5.93. The molecule has 0 aliphatic rings. The molecule has 0 radical (unpaired) electrons. The Balaban J connectivity index is 2.69. The van der Waals surface area contributed by atoms with E-state index in [0.717, 1.165) is 25.7 Å². The summed E-state index contributed by atoms with van der Waals surface area (Å²) in [6, 6.07) is -0.162. The Bertz CT molecular complexity index is 308. The number of hydrogen-bond donors (Lipinski definition) is 1. The Labute approximate surface area is 103 Å². The van der Waals surface area contributed by atoms with Gasteiger partial charge in [-0.25, -0.2) is 0 Å². The van der Waals surface area contributed by atoms with Gasteiger partial charge < -0.3 is 15.0 Å². The molecule has 17 heavy (non-hydrogen) atoms. The van der Waals surface area contributed by atoms with Crippen molar-refractivity contribution in [1.29, 1.82) is 0 Å². The van der Waals surface area contributed by atoms with Crippen molar-refractivity contribution < 1.29 is 9.26 Å². The Morgan fingerprint density at radius 1 is 1.24 bits per heavy atom. The minimum atomic E-state index is -0.162. The maximum Gasteiger partial charge on any atom is 0.243 e. The first-order valence-corrected chi connectivity index (χ1v) is 6.43. The molecule has 0 bridgehead atoms. The van der Waals surface area contributed by atoms with Gasteiger partial charge in [-0.15, -0.1) is 0 Å². The van der Waals surface area contributed by atoms with Crippen LogP contribution in [0.3, 0.4) is 0 Å². The van der Waals surface area contributed by atoms with Crippen LogP contribution in [-0.4, -0.2) is 16.7 Å². The minimum absolute atomic E-state index is 0.0728. The summed E-state index contributed by atoms with van der Waals surface area (Å²) in [5.41, 5.74) is 5.93. The molecule has 98 valence electrons. The summed E-state index contributed by atoms with van der Waals surface area (Å²) < 4.78 is 10.8. The van der Waals surface area contributed by atoms with E-state index in [2.05, 4.69) is 24.0 Å². The summed E-state index contributed by atoms with van der Waals surface area (Å²) >= 11 is 0. The van der Waals surface area contributed by atoms with Crippen LogP contribution in [0.1, 0.15) is 70.3 Å². The van der Waals surface area contributed by atoms with Gasteiger partial charge in [-0.05, 0) is 19.8 Å². The third-order valence-electron chi connectivity index (χ3n) is 2.58. The van der Waals surface area contributed by atoms with Crippen LogP contribution in [0.4, 0.5) is 0 Å². The fraction of sp³-hybridized carbons (Fsp3) is 0.833. The van der Waals surface area contributed by atoms with Crippen molar-refractivity contribution in [3.8, 4) is 0 Å². The van der Waals surface area contributed by atoms with Crippen LogP contribution in [0.25, 0.3) is 0 Å². The van der Waals surface area contributed by atoms with Gasteiger partial charge >= 0.3 is 0 Å². The van der Waals surface area contributed by atoms with E-state index in [1.54, 1.807) is 0 Å². The van der Waals surface area contributed by atoms with Crippen molar-refractivity contribution in [3.05, 3.63) is 11.7 Å². The number of rotatable bonds is 8. The molecule has 0 saturated heterocycles. The number of hydrogen-bond acceptors (Lipinski definition) is 5. The zero-order valence-corrected chi connectivity index (χ0v) is 11.0. The number of ether oxygens (including phenoxy) is 1. The van der Waals surface area contributed by atoms with E-state index in [4.69, 9.17) is 15.0 Å². The molecule has 1 heterocycles. The summed E-state index contributed by atoms with van der Waals surface area (Å²) in [6.45, 7) is 6.80. The molecule has 2 unspecified atom stereocenters. The van der Waals surface area contributed by atoms with Crippen molar-refractivity contribution in [2.75, 3.05) is 6.61 Å². The van der Waals surface area contributed by atoms with Crippen LogP contribution in [0, 0.1) is 0 Å². The van der Waals surface area contributed by atoms with Gasteiger partial charge in [0.2, 0.25) is 11.7 Å². The van der Waals surface area contributed by atoms with Gasteiger partial charge in [0.1, 0.15) is 6.10 Å². The molecule has 0 aliphatic heterocycles. The lowest BCUT2D eigenvalue weighted by Crippen LogP contribution is -2.11. The molecule has 5 nitrogen and oxygen atoms in total. The molecule has 2 N–H and O–H groups in total. The van der Waals surface area contributed by atoms with Crippen LogP contribution >= 0.6 is 0 Å². The number of aromatic nitrogens is 2. The average Bonchev–Trinajstić information content (AvgIpc) is 2.78. The second kappa shape index (κ2) is 7.40. The standard InChI is InChI=1S/C12H23N3O2/c1-4-7-9(13)12-14-11(15-17-12)10(8-5-2)16-6-3/h9-10H,4-8,13H2,1-3H3. The number of nitrogens with zero attached hydrogens (tertiary/aromatic N) is 2. The number of nitrogens with two attached hydrogens (primary N) is 1. The zero-order valence-electron chi connectivity index (χ0n) is 11.0. The molecule has 2 atom stereocenters. The van der Waals surface area contributed by atoms with Crippen LogP contribution in [0.2, 0.25) is 0 Å². The molecule has 5 heteroatoms. The minimum Gasteiger partial charge on any atom is -0.370 e. The highest BCUT2D eigenvalue weighted by Crippen LogP contribution is 2.22. The quantitative estimate of drug-likeness (QED) is 0.757. The summed E-state index contributed by atoms with van der Waals surface area (Å²) in [7, 11) is 0. The smallest absolute Gasteiger partial charge is 0.243 e. The molecule has 0 spiro atoms. The van der Waals surface area contributed by atoms with Crippen molar-refractivity contribution in [1.82, 2.24) is 10.1 Å². The second-order valence-corrected chi connectivity index (χ2v) is 4.12. The zero-order chi connectivity index (χ0) is 12.7. The van der Waals surface area contributed by atoms with E-state index in [1.165, 1.54) is 0 Å². The maximum absolute atomic E-state index is 5.93. The van der Waals surface area contributed by atoms with E-state index in [1.807, 2.05) is 6.92 Å². The van der Waals surface area contributed by atoms with E-state index in [0.29, 0.717) is 18.3 Å². The highest BCUT2D eigenvalue weighted by molar-refractivity contribution is 4.95. The van der Waals surface area contributed by atoms with Crippen LogP contribution in [-0.2, 0) is 4.74 Å². The highest BCUT2D eigenvalue weighted by Gasteiger charge is 2.20. The van der Waals surface area contributed by atoms with Crippen molar-refractivity contribution in [2.45, 2.75) is 58.6 Å². The third kappa shape index (κ3) is 4.09. The molecule has 1 aromatic rings. The summed E-state index contributed by atoms with van der Waals surface area (Å²) in [4.78, 5) is 4.34. The molecular weight excluding hydrogens is 218 g/mol. The molecule has 0 aromatic carbocycles. The molecule has 1 aromatic heterocycles. The Hall–Kier alpha value is -0.940. The van der Waals surface area contributed by atoms with Crippen LogP contribution in [0.5, 0.6) is 0 Å². The molecule has 1 rings (SSSR count). The first kappa shape index (κ1) is 14.1. The first-order valence-electron chi connectivity index (χ1n) is 6.43. The summed E-state index contributed by atoms with van der Waals surface area (Å²) in [6.07, 6.45) is 3.71. The molecule has 0 fully saturated rings. The lowest BCUT2D eigenvalue weighted by Gasteiger charge is -2.11. The summed E-state index contributed by atoms with van der Waals surface area (Å²) in [5.74, 6) is 1.14. The van der Waals surface area contributed by atoms with E-state index in [-0.39, 0.29) is 12.1 Å². The fourth-order valence-corrected chi connectivity index (χ4v) is 1.71. The van der Waals surface area contributed by atoms with E-state index >= 15 is 0 Å². The van der Waals surface area contributed by atoms with Gasteiger partial charge in [-0.3, -0.25) is 0 Å². The van der Waals surface area contributed by atoms with Crippen molar-refractivity contribution in [3.63, 3.8) is 0 Å². The van der Waals surface area contributed by atoms with Gasteiger partial charge in [-0.2, -0.15) is 4.98 Å². The van der Waals surface area contributed by atoms with Crippen LogP contribution in [0.15, 0.2) is 4.52 Å². The first-order chi connectivity index (χ1) is 8.22. The highest BCUT2D eigenvalue weighted by atomic mass is 16.5. The van der Waals surface area contributed by atoms with Crippen molar-refractivity contribution in [2.24, 2.45) is 5.73 Å². The van der Waals surface area contributed by atoms with Gasteiger partial charge in [0.05, 0.1) is 6.04 Å². The lowest BCUT2D eigenvalue weighted by molar-refractivity contribution is 0.0477. The Morgan fingerprint density at radius 2 is 1.94 bits per heavy atom. The normalized spacial score (nSPS) is 14.8. The second-order valence-electron chi connectivity index (χ2n) is 4.12. The average molecular weight is 241 g/mol. The van der Waals surface area contributed by atoms with Gasteiger partial charge in [0, 0.05) is 6.61 Å². The third-order valence-corrected chi connectivity index (χ3v) is 2.58. The predicted molar refractivity (Wildman–Crippen MR) is 65.4 cm³/mol. The van der Waals surface area contributed by atoms with Crippen molar-refractivity contribution >= 4 is 0 Å². The lowest BCUT2D eigenvalue weighted by atomic mass is 10.2. The molecule has 0 aliphatic carbocycles. The predicted octanol–water partition coefficient (Wildman–Crippen LogP) is 2.75. The topological polar surface area (TPSA) is 74.2 Å². The molecule has 0 amide bonds. The fourth-order valence-electron chi connectivity index (χ4n) is 1.71. The Kier molecular flexibility index (Phi) is 6.15. The van der Waals surface area contributed by atoms with Gasteiger partial charge in [0.25, 0.3) is 0 Å². The van der Waals surface area contributed by atoms with E-state index in [9.17, 15) is 0 Å². The largest absolute Gasteiger partial charge is 0.370 e. The van der Waals surface area contributed by atoms with Crippen LogP contribution < -0.4 is 5.73 Å². The molecular formula is C12H23N3O2. The van der Waals surface area contributed by atoms with Gasteiger partial charge in [0.15, 0.2) is 0 Å².